The average molecular weight is 496 g/mol. The van der Waals surface area contributed by atoms with Gasteiger partial charge < -0.3 is 24.6 Å². The number of aromatic nitrogens is 2. The van der Waals surface area contributed by atoms with Crippen LogP contribution >= 0.6 is 0 Å². The molecule has 4 fully saturated rings. The molecule has 4 aliphatic rings. The third kappa shape index (κ3) is 4.22. The number of anilines is 1. The zero-order chi connectivity index (χ0) is 24.9. The second-order valence-corrected chi connectivity index (χ2v) is 11.0. The first-order chi connectivity index (χ1) is 17.4. The molecule has 8 nitrogen and oxygen atoms in total. The van der Waals surface area contributed by atoms with Crippen molar-refractivity contribution in [3.63, 3.8) is 0 Å². The third-order valence-electron chi connectivity index (χ3n) is 8.29. The summed E-state index contributed by atoms with van der Waals surface area (Å²) in [6, 6.07) is 4.06. The summed E-state index contributed by atoms with van der Waals surface area (Å²) in [5, 5.41) is 3.43. The average Bonchev–Trinajstić information content (AvgIpc) is 3.48. The van der Waals surface area contributed by atoms with Crippen molar-refractivity contribution in [3.8, 4) is 11.5 Å². The number of fused-ring (bicyclic) bond motifs is 2. The normalized spacial score (nSPS) is 26.3. The zero-order valence-electron chi connectivity index (χ0n) is 21.0. The fraction of sp³-hybridized carbons (Fsp3) is 0.593. The van der Waals surface area contributed by atoms with Crippen LogP contribution in [0.3, 0.4) is 0 Å². The lowest BCUT2D eigenvalue weighted by Crippen LogP contribution is -2.60. The first kappa shape index (κ1) is 23.6. The second-order valence-electron chi connectivity index (χ2n) is 11.0. The topological polar surface area (TPSA) is 79.8 Å². The van der Waals surface area contributed by atoms with Gasteiger partial charge in [0.1, 0.15) is 17.9 Å². The van der Waals surface area contributed by atoms with Crippen molar-refractivity contribution in [2.45, 2.75) is 70.2 Å². The van der Waals surface area contributed by atoms with Crippen LogP contribution in [0, 0.1) is 11.2 Å². The molecule has 2 bridgehead atoms. The van der Waals surface area contributed by atoms with E-state index < -0.39 is 5.82 Å². The number of hydrogen-bond acceptors (Lipinski definition) is 7. The van der Waals surface area contributed by atoms with Gasteiger partial charge in [-0.1, -0.05) is 0 Å². The molecule has 1 spiro atoms. The first-order valence-electron chi connectivity index (χ1n) is 13.1. The van der Waals surface area contributed by atoms with Gasteiger partial charge in [0.25, 0.3) is 5.91 Å². The maximum atomic E-state index is 14.4. The third-order valence-corrected chi connectivity index (χ3v) is 8.29. The van der Waals surface area contributed by atoms with E-state index in [0.29, 0.717) is 22.7 Å². The van der Waals surface area contributed by atoms with Crippen molar-refractivity contribution in [2.24, 2.45) is 5.41 Å². The van der Waals surface area contributed by atoms with E-state index in [1.807, 2.05) is 18.7 Å². The summed E-state index contributed by atoms with van der Waals surface area (Å²) in [6.07, 6.45) is 8.51. The number of nitrogens with zero attached hydrogens (tertiary/aromatic N) is 4. The predicted octanol–water partition coefficient (Wildman–Crippen LogP) is 3.77. The smallest absolute Gasteiger partial charge is 0.258 e. The van der Waals surface area contributed by atoms with Crippen molar-refractivity contribution in [1.29, 1.82) is 0 Å². The van der Waals surface area contributed by atoms with Crippen LogP contribution in [0.2, 0.25) is 0 Å². The summed E-state index contributed by atoms with van der Waals surface area (Å²) < 4.78 is 26.7. The summed E-state index contributed by atoms with van der Waals surface area (Å²) >= 11 is 0. The molecule has 192 valence electrons. The fourth-order valence-electron chi connectivity index (χ4n) is 6.49. The largest absolute Gasteiger partial charge is 0.451 e. The number of piperidine rings is 1. The second kappa shape index (κ2) is 9.27. The van der Waals surface area contributed by atoms with Gasteiger partial charge in [-0.15, -0.1) is 0 Å². The molecule has 0 unspecified atom stereocenters. The number of amides is 1. The van der Waals surface area contributed by atoms with E-state index >= 15 is 0 Å². The number of nitrogens with one attached hydrogen (secondary N) is 1. The molecule has 0 aliphatic carbocycles. The van der Waals surface area contributed by atoms with E-state index in [1.54, 1.807) is 6.20 Å². The lowest BCUT2D eigenvalue weighted by atomic mass is 9.72. The molecule has 9 heteroatoms. The Morgan fingerprint density at radius 3 is 2.75 bits per heavy atom. The summed E-state index contributed by atoms with van der Waals surface area (Å²) in [7, 11) is 0. The van der Waals surface area contributed by atoms with Crippen LogP contribution in [-0.4, -0.2) is 71.2 Å². The van der Waals surface area contributed by atoms with Crippen LogP contribution in [0.15, 0.2) is 30.7 Å². The number of halogens is 1. The molecule has 5 heterocycles. The molecule has 1 aromatic carbocycles. The summed E-state index contributed by atoms with van der Waals surface area (Å²) in [6.45, 7) is 7.91. The Hall–Kier alpha value is -2.78. The Kier molecular flexibility index (Phi) is 6.08. The molecule has 0 radical (unpaired) electrons. The first-order valence-corrected chi connectivity index (χ1v) is 13.1. The van der Waals surface area contributed by atoms with E-state index in [9.17, 15) is 9.18 Å². The molecule has 0 saturated carbocycles. The van der Waals surface area contributed by atoms with Gasteiger partial charge in [-0.2, -0.15) is 0 Å². The molecular formula is C27H34FN5O3. The van der Waals surface area contributed by atoms with Crippen LogP contribution < -0.4 is 15.0 Å². The SMILES string of the molecule is CC(C)N(C(=O)c1cc(F)ccc1Oc1cncnc1N1CC2(CCNCC2)C1)[C@@H]1C[C@@H]2CC[C@H]1O2. The molecule has 4 saturated heterocycles. The van der Waals surface area contributed by atoms with Gasteiger partial charge in [0.05, 0.1) is 30.0 Å². The minimum Gasteiger partial charge on any atom is -0.451 e. The van der Waals surface area contributed by atoms with Gasteiger partial charge in [0.15, 0.2) is 11.6 Å². The van der Waals surface area contributed by atoms with Gasteiger partial charge >= 0.3 is 0 Å². The summed E-state index contributed by atoms with van der Waals surface area (Å²) in [5.41, 5.74) is 0.532. The molecule has 1 N–H and O–H groups in total. The highest BCUT2D eigenvalue weighted by Crippen LogP contribution is 2.44. The summed E-state index contributed by atoms with van der Waals surface area (Å²) in [5.74, 6) is 0.778. The number of hydrogen-bond donors (Lipinski definition) is 1. The van der Waals surface area contributed by atoms with Gasteiger partial charge in [0, 0.05) is 24.5 Å². The Morgan fingerprint density at radius 2 is 2.06 bits per heavy atom. The van der Waals surface area contributed by atoms with E-state index in [0.717, 1.165) is 58.3 Å². The van der Waals surface area contributed by atoms with E-state index in [2.05, 4.69) is 20.2 Å². The van der Waals surface area contributed by atoms with Gasteiger partial charge in [0.2, 0.25) is 0 Å². The van der Waals surface area contributed by atoms with Crippen LogP contribution in [0.5, 0.6) is 11.5 Å². The Balaban J connectivity index is 1.26. The molecule has 4 aliphatic heterocycles. The maximum Gasteiger partial charge on any atom is 0.258 e. The Morgan fingerprint density at radius 1 is 1.25 bits per heavy atom. The maximum absolute atomic E-state index is 14.4. The molecule has 1 aromatic heterocycles. The number of ether oxygens (including phenoxy) is 2. The Bertz CT molecular complexity index is 1130. The molecular weight excluding hydrogens is 461 g/mol. The quantitative estimate of drug-likeness (QED) is 0.654. The Labute approximate surface area is 211 Å². The molecule has 2 aromatic rings. The van der Waals surface area contributed by atoms with Crippen molar-refractivity contribution in [3.05, 3.63) is 42.1 Å². The molecule has 3 atom stereocenters. The number of carbonyl (C=O) groups excluding carboxylic acids is 1. The number of carbonyl (C=O) groups is 1. The molecule has 1 amide bonds. The predicted molar refractivity (Wildman–Crippen MR) is 133 cm³/mol. The minimum absolute atomic E-state index is 0.00903. The lowest BCUT2D eigenvalue weighted by molar-refractivity contribution is 0.0413. The van der Waals surface area contributed by atoms with Crippen molar-refractivity contribution in [1.82, 2.24) is 20.2 Å². The lowest BCUT2D eigenvalue weighted by Gasteiger charge is -2.53. The highest BCUT2D eigenvalue weighted by atomic mass is 19.1. The standard InChI is InChI=1S/C27H34FN5O3/c1-17(2)33(21-12-19-4-6-23(21)35-19)26(34)20-11-18(28)3-5-22(20)36-24-13-30-16-31-25(24)32-14-27(15-32)7-9-29-10-8-27/h3,5,11,13,16-17,19,21,23,29H,4,6-10,12,14-15H2,1-2H3/t19-,21+,23+/m0/s1. The summed E-state index contributed by atoms with van der Waals surface area (Å²) in [4.78, 5) is 26.6. The highest BCUT2D eigenvalue weighted by Gasteiger charge is 2.47. The van der Waals surface area contributed by atoms with Gasteiger partial charge in [-0.05, 0) is 77.2 Å². The zero-order valence-corrected chi connectivity index (χ0v) is 21.0. The van der Waals surface area contributed by atoms with Gasteiger partial charge in [-0.25, -0.2) is 14.4 Å². The fourth-order valence-corrected chi connectivity index (χ4v) is 6.49. The van der Waals surface area contributed by atoms with Crippen molar-refractivity contribution in [2.75, 3.05) is 31.1 Å². The van der Waals surface area contributed by atoms with E-state index in [1.165, 1.54) is 24.5 Å². The van der Waals surface area contributed by atoms with E-state index in [4.69, 9.17) is 9.47 Å². The van der Waals surface area contributed by atoms with Crippen LogP contribution in [0.25, 0.3) is 0 Å². The number of rotatable bonds is 6. The molecule has 6 rings (SSSR count). The van der Waals surface area contributed by atoms with Crippen molar-refractivity contribution < 1.29 is 18.7 Å². The highest BCUT2D eigenvalue weighted by molar-refractivity contribution is 5.97. The monoisotopic (exact) mass is 495 g/mol. The van der Waals surface area contributed by atoms with Crippen LogP contribution in [0.4, 0.5) is 10.2 Å². The minimum atomic E-state index is -0.473. The molecule has 36 heavy (non-hydrogen) atoms. The van der Waals surface area contributed by atoms with Gasteiger partial charge in [-0.3, -0.25) is 4.79 Å². The number of benzene rings is 1. The van der Waals surface area contributed by atoms with Crippen LogP contribution in [0.1, 0.15) is 56.3 Å². The van der Waals surface area contributed by atoms with Crippen molar-refractivity contribution >= 4 is 11.7 Å². The van der Waals surface area contributed by atoms with Crippen LogP contribution in [-0.2, 0) is 4.74 Å². The van der Waals surface area contributed by atoms with E-state index in [-0.39, 0.29) is 35.8 Å².